The monoisotopic (exact) mass is 474 g/mol. The molecule has 4 atom stereocenters. The van der Waals surface area contributed by atoms with E-state index in [1.165, 1.54) is 22.3 Å². The number of fused-ring (bicyclic) bond motifs is 4. The fraction of sp³-hybridized carbons (Fsp3) is 0.464. The molecule has 4 aliphatic rings. The van der Waals surface area contributed by atoms with Gasteiger partial charge in [-0.3, -0.25) is 9.59 Å². The van der Waals surface area contributed by atoms with Gasteiger partial charge in [-0.15, -0.1) is 0 Å². The van der Waals surface area contributed by atoms with Gasteiger partial charge in [0.2, 0.25) is 5.91 Å². The first-order valence-corrected chi connectivity index (χ1v) is 12.6. The molecule has 0 spiro atoms. The van der Waals surface area contributed by atoms with Gasteiger partial charge in [0.1, 0.15) is 6.61 Å². The molecule has 3 aliphatic carbocycles. The summed E-state index contributed by atoms with van der Waals surface area (Å²) in [5, 5.41) is 12.2. The van der Waals surface area contributed by atoms with Crippen LogP contribution in [0.4, 0.5) is 4.79 Å². The molecule has 2 N–H and O–H groups in total. The molecule has 7 nitrogen and oxygen atoms in total. The fourth-order valence-electron chi connectivity index (χ4n) is 6.87. The first-order chi connectivity index (χ1) is 17.0. The minimum atomic E-state index is -0.860. The Kier molecular flexibility index (Phi) is 5.31. The number of alkyl carbamates (subject to hydrolysis) is 1. The summed E-state index contributed by atoms with van der Waals surface area (Å²) in [6, 6.07) is 16.2. The van der Waals surface area contributed by atoms with E-state index in [0.717, 1.165) is 25.7 Å². The summed E-state index contributed by atoms with van der Waals surface area (Å²) in [5.41, 5.74) is 4.31. The molecule has 2 aromatic carbocycles. The van der Waals surface area contributed by atoms with Crippen molar-refractivity contribution >= 4 is 18.0 Å². The van der Waals surface area contributed by atoms with Gasteiger partial charge in [-0.2, -0.15) is 0 Å². The second-order valence-corrected chi connectivity index (χ2v) is 10.6. The summed E-state index contributed by atoms with van der Waals surface area (Å²) in [6.07, 6.45) is 3.39. The zero-order chi connectivity index (χ0) is 24.2. The standard InChI is InChI=1S/C28H30N2O5/c31-25(32)13-19-6-5-11-30(19)26(33)28-14-17(28)12-18(15-28)29-27(34)35-16-24-22-9-3-1-7-20(22)21-8-2-4-10-23(21)24/h1-4,7-10,17-19,24H,5-6,11-16H2,(H,29,34)(H,31,32)/t17?,18?,19-,28?/m1/s1. The van der Waals surface area contributed by atoms with Crippen molar-refractivity contribution in [3.05, 3.63) is 59.7 Å². The number of likely N-dealkylation sites (tertiary alicyclic amines) is 1. The lowest BCUT2D eigenvalue weighted by atomic mass is 9.98. The maximum atomic E-state index is 13.4. The van der Waals surface area contributed by atoms with Gasteiger partial charge in [0.05, 0.1) is 11.8 Å². The lowest BCUT2D eigenvalue weighted by Gasteiger charge is -2.28. The average molecular weight is 475 g/mol. The second kappa shape index (κ2) is 8.40. The van der Waals surface area contributed by atoms with Gasteiger partial charge in [-0.1, -0.05) is 48.5 Å². The molecule has 2 aromatic rings. The van der Waals surface area contributed by atoms with E-state index in [0.29, 0.717) is 13.0 Å². The Morgan fingerprint density at radius 1 is 1.03 bits per heavy atom. The number of hydrogen-bond acceptors (Lipinski definition) is 4. The van der Waals surface area contributed by atoms with E-state index in [1.807, 2.05) is 24.3 Å². The minimum Gasteiger partial charge on any atom is -0.481 e. The van der Waals surface area contributed by atoms with Gasteiger partial charge in [0, 0.05) is 24.5 Å². The van der Waals surface area contributed by atoms with Crippen LogP contribution in [-0.2, 0) is 14.3 Å². The van der Waals surface area contributed by atoms with E-state index in [-0.39, 0.29) is 42.9 Å². The zero-order valence-electron chi connectivity index (χ0n) is 19.6. The molecule has 1 aliphatic heterocycles. The van der Waals surface area contributed by atoms with Crippen LogP contribution in [-0.4, -0.2) is 53.2 Å². The lowest BCUT2D eigenvalue weighted by molar-refractivity contribution is -0.142. The van der Waals surface area contributed by atoms with Gasteiger partial charge < -0.3 is 20.1 Å². The average Bonchev–Trinajstić information content (AvgIpc) is 3.16. The zero-order valence-corrected chi connectivity index (χ0v) is 19.6. The van der Waals surface area contributed by atoms with Crippen molar-refractivity contribution in [2.75, 3.05) is 13.2 Å². The fourth-order valence-corrected chi connectivity index (χ4v) is 6.87. The highest BCUT2D eigenvalue weighted by atomic mass is 16.5. The molecular formula is C28H30N2O5. The summed E-state index contributed by atoms with van der Waals surface area (Å²) >= 11 is 0. The Labute approximate surface area is 204 Å². The highest BCUT2D eigenvalue weighted by Crippen LogP contribution is 2.64. The number of nitrogens with zero attached hydrogens (tertiary/aromatic N) is 1. The maximum absolute atomic E-state index is 13.4. The summed E-state index contributed by atoms with van der Waals surface area (Å²) < 4.78 is 5.70. The van der Waals surface area contributed by atoms with E-state index >= 15 is 0 Å². The Morgan fingerprint density at radius 3 is 2.40 bits per heavy atom. The molecule has 7 heteroatoms. The predicted molar refractivity (Wildman–Crippen MR) is 129 cm³/mol. The molecule has 3 fully saturated rings. The number of carboxylic acids is 1. The van der Waals surface area contributed by atoms with E-state index < -0.39 is 17.5 Å². The largest absolute Gasteiger partial charge is 0.481 e. The first kappa shape index (κ1) is 22.1. The number of benzene rings is 2. The van der Waals surface area contributed by atoms with Crippen LogP contribution in [0.2, 0.25) is 0 Å². The number of carbonyl (C=O) groups excluding carboxylic acids is 2. The molecule has 6 rings (SSSR count). The molecule has 1 saturated heterocycles. The van der Waals surface area contributed by atoms with Crippen LogP contribution in [0.3, 0.4) is 0 Å². The van der Waals surface area contributed by atoms with Crippen LogP contribution in [0.25, 0.3) is 11.1 Å². The normalized spacial score (nSPS) is 28.2. The number of rotatable bonds is 6. The van der Waals surface area contributed by atoms with E-state index in [9.17, 15) is 19.5 Å². The van der Waals surface area contributed by atoms with Crippen LogP contribution in [0.5, 0.6) is 0 Å². The van der Waals surface area contributed by atoms with Crippen LogP contribution in [0, 0.1) is 11.3 Å². The molecule has 2 saturated carbocycles. The van der Waals surface area contributed by atoms with Gasteiger partial charge in [0.25, 0.3) is 0 Å². The minimum absolute atomic E-state index is 0.00785. The van der Waals surface area contributed by atoms with Crippen molar-refractivity contribution in [3.8, 4) is 11.1 Å². The molecule has 3 unspecified atom stereocenters. The van der Waals surface area contributed by atoms with Crippen molar-refractivity contribution in [2.24, 2.45) is 11.3 Å². The summed E-state index contributed by atoms with van der Waals surface area (Å²) in [6.45, 7) is 0.903. The SMILES string of the molecule is O=C(O)C[C@H]1CCCN1C(=O)C12CC(NC(=O)OCC3c4ccccc4-c4ccccc43)CC1C2. The third-order valence-corrected chi connectivity index (χ3v) is 8.55. The van der Waals surface area contributed by atoms with Crippen LogP contribution in [0.1, 0.15) is 55.6 Å². The third-order valence-electron chi connectivity index (χ3n) is 8.55. The molecular weight excluding hydrogens is 444 g/mol. The van der Waals surface area contributed by atoms with Crippen LogP contribution < -0.4 is 5.32 Å². The van der Waals surface area contributed by atoms with E-state index in [2.05, 4.69) is 29.6 Å². The topological polar surface area (TPSA) is 95.9 Å². The number of hydrogen-bond donors (Lipinski definition) is 2. The highest BCUT2D eigenvalue weighted by molar-refractivity contribution is 5.88. The third kappa shape index (κ3) is 3.77. The number of nitrogens with one attached hydrogen (secondary N) is 1. The molecule has 0 bridgehead atoms. The Balaban J connectivity index is 1.06. The Bertz CT molecular complexity index is 1150. The quantitative estimate of drug-likeness (QED) is 0.656. The lowest BCUT2D eigenvalue weighted by Crippen LogP contribution is -2.43. The second-order valence-electron chi connectivity index (χ2n) is 10.6. The van der Waals surface area contributed by atoms with Crippen LogP contribution >= 0.6 is 0 Å². The number of aliphatic carboxylic acids is 1. The smallest absolute Gasteiger partial charge is 0.407 e. The van der Waals surface area contributed by atoms with Gasteiger partial charge in [-0.05, 0) is 60.3 Å². The summed E-state index contributed by atoms with van der Waals surface area (Å²) in [4.78, 5) is 39.1. The van der Waals surface area contributed by atoms with Crippen molar-refractivity contribution in [3.63, 3.8) is 0 Å². The van der Waals surface area contributed by atoms with Crippen molar-refractivity contribution in [2.45, 2.75) is 56.5 Å². The molecule has 35 heavy (non-hydrogen) atoms. The Morgan fingerprint density at radius 2 is 1.71 bits per heavy atom. The molecule has 2 amide bonds. The van der Waals surface area contributed by atoms with Gasteiger partial charge in [-0.25, -0.2) is 4.79 Å². The summed E-state index contributed by atoms with van der Waals surface area (Å²) in [7, 11) is 0. The first-order valence-electron chi connectivity index (χ1n) is 12.6. The molecule has 0 radical (unpaired) electrons. The number of amides is 2. The highest BCUT2D eigenvalue weighted by Gasteiger charge is 2.66. The van der Waals surface area contributed by atoms with Crippen LogP contribution in [0.15, 0.2) is 48.5 Å². The van der Waals surface area contributed by atoms with Gasteiger partial charge in [0.15, 0.2) is 0 Å². The summed E-state index contributed by atoms with van der Waals surface area (Å²) in [5.74, 6) is -0.497. The number of ether oxygens (including phenoxy) is 1. The van der Waals surface area contributed by atoms with Crippen molar-refractivity contribution < 1.29 is 24.2 Å². The van der Waals surface area contributed by atoms with Crippen molar-refractivity contribution in [1.29, 1.82) is 0 Å². The van der Waals surface area contributed by atoms with Gasteiger partial charge >= 0.3 is 12.1 Å². The molecule has 0 aromatic heterocycles. The number of carboxylic acid groups (broad SMARTS) is 1. The van der Waals surface area contributed by atoms with Crippen molar-refractivity contribution in [1.82, 2.24) is 10.2 Å². The maximum Gasteiger partial charge on any atom is 0.407 e. The predicted octanol–water partition coefficient (Wildman–Crippen LogP) is 4.16. The molecule has 182 valence electrons. The van der Waals surface area contributed by atoms with E-state index in [1.54, 1.807) is 4.90 Å². The van der Waals surface area contributed by atoms with E-state index in [4.69, 9.17) is 4.74 Å². The Hall–Kier alpha value is -3.35. The number of carbonyl (C=O) groups is 3. The molecule has 1 heterocycles.